The Balaban J connectivity index is 2.27. The minimum Gasteiger partial charge on any atom is -0.481 e. The minimum absolute atomic E-state index is 0.294. The summed E-state index contributed by atoms with van der Waals surface area (Å²) in [4.78, 5) is 15.4. The topological polar surface area (TPSA) is 86.0 Å². The number of nitrogens with one attached hydrogen (secondary N) is 1. The number of carboxylic acid groups (broad SMARTS) is 1. The van der Waals surface area contributed by atoms with E-state index in [1.807, 2.05) is 31.2 Å². The van der Waals surface area contributed by atoms with E-state index in [1.165, 1.54) is 0 Å². The van der Waals surface area contributed by atoms with Crippen LogP contribution in [0.25, 0.3) is 10.9 Å². The number of para-hydroxylation sites is 1. The number of carboxylic acids is 1. The molecule has 1 atom stereocenters. The molecule has 1 aromatic heterocycles. The van der Waals surface area contributed by atoms with Gasteiger partial charge in [0.2, 0.25) is 0 Å². The number of rotatable bonds is 5. The van der Waals surface area contributed by atoms with E-state index in [9.17, 15) is 10.1 Å². The summed E-state index contributed by atoms with van der Waals surface area (Å²) in [5.74, 6) is -0.768. The lowest BCUT2D eigenvalue weighted by molar-refractivity contribution is -0.141. The lowest BCUT2D eigenvalue weighted by Crippen LogP contribution is -2.22. The van der Waals surface area contributed by atoms with Gasteiger partial charge in [-0.3, -0.25) is 4.79 Å². The van der Waals surface area contributed by atoms with E-state index in [1.54, 1.807) is 6.07 Å². The van der Waals surface area contributed by atoms with Crippen molar-refractivity contribution in [1.29, 1.82) is 5.26 Å². The number of aliphatic carboxylic acids is 1. The number of benzene rings is 1. The van der Waals surface area contributed by atoms with Gasteiger partial charge in [0.05, 0.1) is 23.1 Å². The summed E-state index contributed by atoms with van der Waals surface area (Å²) in [6.45, 7) is 2.12. The molecule has 0 aliphatic carbocycles. The van der Waals surface area contributed by atoms with Crippen LogP contribution in [0.5, 0.6) is 0 Å². The maximum Gasteiger partial charge on any atom is 0.308 e. The van der Waals surface area contributed by atoms with Crippen LogP contribution in [0.3, 0.4) is 0 Å². The van der Waals surface area contributed by atoms with Crippen LogP contribution in [-0.4, -0.2) is 22.6 Å². The van der Waals surface area contributed by atoms with E-state index in [2.05, 4.69) is 16.4 Å². The predicted molar refractivity (Wildman–Crippen MR) is 76.4 cm³/mol. The lowest BCUT2D eigenvalue weighted by atomic mass is 10.1. The largest absolute Gasteiger partial charge is 0.481 e. The SMILES string of the molecule is CCC(CNc1cc(C#N)c2ccccc2n1)C(=O)O. The number of aromatic nitrogens is 1. The number of carbonyl (C=O) groups is 1. The van der Waals surface area contributed by atoms with Gasteiger partial charge in [-0.15, -0.1) is 0 Å². The summed E-state index contributed by atoms with van der Waals surface area (Å²) >= 11 is 0. The monoisotopic (exact) mass is 269 g/mol. The molecule has 0 spiro atoms. The summed E-state index contributed by atoms with van der Waals surface area (Å²) < 4.78 is 0. The maximum atomic E-state index is 11.0. The Morgan fingerprint density at radius 3 is 2.90 bits per heavy atom. The zero-order valence-corrected chi connectivity index (χ0v) is 11.1. The van der Waals surface area contributed by atoms with Gasteiger partial charge in [-0.2, -0.15) is 5.26 Å². The Bertz CT molecular complexity index is 676. The molecule has 0 fully saturated rings. The summed E-state index contributed by atoms with van der Waals surface area (Å²) in [6.07, 6.45) is 0.543. The fourth-order valence-corrected chi connectivity index (χ4v) is 1.99. The highest BCUT2D eigenvalue weighted by atomic mass is 16.4. The summed E-state index contributed by atoms with van der Waals surface area (Å²) in [5, 5.41) is 22.0. The van der Waals surface area contributed by atoms with Crippen LogP contribution in [0.2, 0.25) is 0 Å². The average molecular weight is 269 g/mol. The molecule has 2 N–H and O–H groups in total. The molecule has 2 aromatic rings. The normalized spacial score (nSPS) is 11.8. The number of anilines is 1. The molecule has 0 bridgehead atoms. The number of nitrogens with zero attached hydrogens (tertiary/aromatic N) is 2. The van der Waals surface area contributed by atoms with E-state index in [4.69, 9.17) is 5.11 Å². The maximum absolute atomic E-state index is 11.0. The molecule has 0 saturated carbocycles. The molecular formula is C15H15N3O2. The fraction of sp³-hybridized carbons (Fsp3) is 0.267. The smallest absolute Gasteiger partial charge is 0.308 e. The van der Waals surface area contributed by atoms with Gasteiger partial charge in [-0.05, 0) is 18.6 Å². The van der Waals surface area contributed by atoms with Gasteiger partial charge in [0.1, 0.15) is 5.82 Å². The van der Waals surface area contributed by atoms with Crippen molar-refractivity contribution in [1.82, 2.24) is 4.98 Å². The summed E-state index contributed by atoms with van der Waals surface area (Å²) in [5.41, 5.74) is 1.25. The Kier molecular flexibility index (Phi) is 4.16. The minimum atomic E-state index is -0.832. The second kappa shape index (κ2) is 6.02. The molecular weight excluding hydrogens is 254 g/mol. The quantitative estimate of drug-likeness (QED) is 0.871. The van der Waals surface area contributed by atoms with Gasteiger partial charge in [0.15, 0.2) is 0 Å². The number of fused-ring (bicyclic) bond motifs is 1. The molecule has 1 heterocycles. The van der Waals surface area contributed by atoms with Crippen LogP contribution in [0, 0.1) is 17.2 Å². The van der Waals surface area contributed by atoms with Gasteiger partial charge in [0.25, 0.3) is 0 Å². The summed E-state index contributed by atoms with van der Waals surface area (Å²) in [6, 6.07) is 11.2. The van der Waals surface area contributed by atoms with Gasteiger partial charge < -0.3 is 10.4 Å². The van der Waals surface area contributed by atoms with E-state index in [0.29, 0.717) is 24.3 Å². The highest BCUT2D eigenvalue weighted by molar-refractivity contribution is 5.86. The standard InChI is InChI=1S/C15H15N3O2/c1-2-10(15(19)20)9-17-14-7-11(8-16)12-5-3-4-6-13(12)18-14/h3-7,10H,2,9H2,1H3,(H,17,18)(H,19,20). The van der Waals surface area contributed by atoms with Crippen LogP contribution >= 0.6 is 0 Å². The van der Waals surface area contributed by atoms with Crippen molar-refractivity contribution in [3.05, 3.63) is 35.9 Å². The summed E-state index contributed by atoms with van der Waals surface area (Å²) in [7, 11) is 0. The van der Waals surface area contributed by atoms with Crippen molar-refractivity contribution in [2.75, 3.05) is 11.9 Å². The molecule has 0 aliphatic rings. The highest BCUT2D eigenvalue weighted by Crippen LogP contribution is 2.20. The fourth-order valence-electron chi connectivity index (χ4n) is 1.99. The molecule has 2 rings (SSSR count). The number of nitriles is 1. The Morgan fingerprint density at radius 2 is 2.25 bits per heavy atom. The van der Waals surface area contributed by atoms with Crippen molar-refractivity contribution < 1.29 is 9.90 Å². The van der Waals surface area contributed by atoms with Crippen molar-refractivity contribution in [2.45, 2.75) is 13.3 Å². The first-order chi connectivity index (χ1) is 9.65. The Hall–Kier alpha value is -2.61. The third-order valence-corrected chi connectivity index (χ3v) is 3.21. The number of hydrogen-bond acceptors (Lipinski definition) is 4. The van der Waals surface area contributed by atoms with Crippen molar-refractivity contribution in [3.63, 3.8) is 0 Å². The Labute approximate surface area is 116 Å². The zero-order valence-electron chi connectivity index (χ0n) is 11.1. The molecule has 0 radical (unpaired) electrons. The third-order valence-electron chi connectivity index (χ3n) is 3.21. The van der Waals surface area contributed by atoms with Crippen molar-refractivity contribution in [2.24, 2.45) is 5.92 Å². The van der Waals surface area contributed by atoms with Gasteiger partial charge in [-0.25, -0.2) is 4.98 Å². The van der Waals surface area contributed by atoms with Gasteiger partial charge in [0, 0.05) is 11.9 Å². The highest BCUT2D eigenvalue weighted by Gasteiger charge is 2.15. The van der Waals surface area contributed by atoms with Crippen LogP contribution in [-0.2, 0) is 4.79 Å². The van der Waals surface area contributed by atoms with Crippen LogP contribution < -0.4 is 5.32 Å². The first-order valence-electron chi connectivity index (χ1n) is 6.42. The predicted octanol–water partition coefficient (Wildman–Crippen LogP) is 2.63. The van der Waals surface area contributed by atoms with Crippen molar-refractivity contribution in [3.8, 4) is 6.07 Å². The first kappa shape index (κ1) is 13.8. The van der Waals surface area contributed by atoms with Crippen LogP contribution in [0.1, 0.15) is 18.9 Å². The molecule has 0 aliphatic heterocycles. The molecule has 20 heavy (non-hydrogen) atoms. The number of hydrogen-bond donors (Lipinski definition) is 2. The second-order valence-corrected chi connectivity index (χ2v) is 4.51. The first-order valence-corrected chi connectivity index (χ1v) is 6.42. The Morgan fingerprint density at radius 1 is 1.50 bits per heavy atom. The van der Waals surface area contributed by atoms with E-state index in [0.717, 1.165) is 10.9 Å². The molecule has 5 heteroatoms. The molecule has 0 saturated heterocycles. The molecule has 1 unspecified atom stereocenters. The van der Waals surface area contributed by atoms with E-state index >= 15 is 0 Å². The molecule has 5 nitrogen and oxygen atoms in total. The van der Waals surface area contributed by atoms with E-state index < -0.39 is 11.9 Å². The zero-order chi connectivity index (χ0) is 14.5. The second-order valence-electron chi connectivity index (χ2n) is 4.51. The molecule has 1 aromatic carbocycles. The van der Waals surface area contributed by atoms with E-state index in [-0.39, 0.29) is 0 Å². The lowest BCUT2D eigenvalue weighted by Gasteiger charge is -2.12. The third kappa shape index (κ3) is 2.86. The van der Waals surface area contributed by atoms with Crippen LogP contribution in [0.15, 0.2) is 30.3 Å². The molecule has 102 valence electrons. The van der Waals surface area contributed by atoms with Crippen molar-refractivity contribution >= 4 is 22.7 Å². The average Bonchev–Trinajstić information content (AvgIpc) is 2.46. The van der Waals surface area contributed by atoms with Crippen LogP contribution in [0.4, 0.5) is 5.82 Å². The van der Waals surface area contributed by atoms with Gasteiger partial charge >= 0.3 is 5.97 Å². The molecule has 0 amide bonds. The number of pyridine rings is 1. The van der Waals surface area contributed by atoms with Gasteiger partial charge in [-0.1, -0.05) is 25.1 Å².